The minimum Gasteiger partial charge on any atom is -0.370 e. The molecule has 6 nitrogen and oxygen atoms in total. The van der Waals surface area contributed by atoms with E-state index in [1.54, 1.807) is 24.3 Å². The van der Waals surface area contributed by atoms with Crippen molar-refractivity contribution in [3.8, 4) is 0 Å². The summed E-state index contributed by atoms with van der Waals surface area (Å²) >= 11 is 0. The summed E-state index contributed by atoms with van der Waals surface area (Å²) in [6.07, 6.45) is 0. The number of halogens is 1. The van der Waals surface area contributed by atoms with E-state index >= 15 is 0 Å². The summed E-state index contributed by atoms with van der Waals surface area (Å²) in [7, 11) is -0.400. The first-order valence-electron chi connectivity index (χ1n) is 7.85. The van der Waals surface area contributed by atoms with Gasteiger partial charge in [0.1, 0.15) is 0 Å². The average molecular weight is 488 g/mol. The zero-order valence-electron chi connectivity index (χ0n) is 15.4. The highest BCUT2D eigenvalue weighted by molar-refractivity contribution is 14.0. The Labute approximate surface area is 172 Å². The fourth-order valence-electron chi connectivity index (χ4n) is 2.39. The molecule has 142 valence electrons. The van der Waals surface area contributed by atoms with Crippen LogP contribution in [0.4, 0.5) is 5.69 Å². The Morgan fingerprint density at radius 1 is 1.08 bits per heavy atom. The molecule has 0 unspecified atom stereocenters. The van der Waals surface area contributed by atoms with Crippen LogP contribution in [0.2, 0.25) is 0 Å². The minimum atomic E-state index is -3.41. The van der Waals surface area contributed by atoms with E-state index in [0.29, 0.717) is 12.5 Å². The van der Waals surface area contributed by atoms with Crippen LogP contribution in [0.5, 0.6) is 0 Å². The summed E-state index contributed by atoms with van der Waals surface area (Å²) in [4.78, 5) is 4.56. The molecule has 2 aromatic rings. The van der Waals surface area contributed by atoms with Crippen molar-refractivity contribution in [2.24, 2.45) is 10.7 Å². The second-order valence-corrected chi connectivity index (χ2v) is 8.29. The number of benzene rings is 2. The maximum Gasteiger partial charge on any atom is 0.242 e. The van der Waals surface area contributed by atoms with Crippen LogP contribution in [0.3, 0.4) is 0 Å². The highest BCUT2D eigenvalue weighted by Gasteiger charge is 2.16. The number of aliphatic imine (C=N–C) groups is 1. The standard InChI is InChI=1S/C18H24N4O2S.HI/c1-13-9-14(2)11-16(10-13)21-18(19)20-12-15-5-7-17(8-6-15)25(23,24)22(3)4;/h5-11H,12H2,1-4H3,(H3,19,20,21);1H. The fourth-order valence-corrected chi connectivity index (χ4v) is 3.29. The van der Waals surface area contributed by atoms with Gasteiger partial charge in [0.15, 0.2) is 5.96 Å². The van der Waals surface area contributed by atoms with Crippen LogP contribution in [-0.4, -0.2) is 32.8 Å². The molecule has 0 saturated heterocycles. The normalized spacial score (nSPS) is 12.0. The number of nitrogens with two attached hydrogens (primary N) is 1. The number of nitrogens with zero attached hydrogens (tertiary/aromatic N) is 2. The molecule has 0 saturated carbocycles. The molecule has 0 aliphatic heterocycles. The highest BCUT2D eigenvalue weighted by atomic mass is 127. The Morgan fingerprint density at radius 2 is 1.62 bits per heavy atom. The molecular weight excluding hydrogens is 463 g/mol. The van der Waals surface area contributed by atoms with Crippen molar-refractivity contribution in [3.63, 3.8) is 0 Å². The first kappa shape index (κ1) is 22.4. The number of anilines is 1. The number of sulfonamides is 1. The van der Waals surface area contributed by atoms with Crippen LogP contribution in [0.1, 0.15) is 16.7 Å². The van der Waals surface area contributed by atoms with Crippen LogP contribution in [0, 0.1) is 13.8 Å². The largest absolute Gasteiger partial charge is 0.370 e. The summed E-state index contributed by atoms with van der Waals surface area (Å²) < 4.78 is 25.3. The van der Waals surface area contributed by atoms with E-state index in [4.69, 9.17) is 5.73 Å². The highest BCUT2D eigenvalue weighted by Crippen LogP contribution is 2.15. The third-order valence-electron chi connectivity index (χ3n) is 3.63. The third-order valence-corrected chi connectivity index (χ3v) is 5.46. The predicted octanol–water partition coefficient (Wildman–Crippen LogP) is 3.10. The van der Waals surface area contributed by atoms with Gasteiger partial charge in [0.05, 0.1) is 11.4 Å². The van der Waals surface area contributed by atoms with Crippen molar-refractivity contribution in [2.45, 2.75) is 25.3 Å². The number of guanidine groups is 1. The van der Waals surface area contributed by atoms with Crippen molar-refractivity contribution in [3.05, 3.63) is 59.2 Å². The molecule has 0 amide bonds. The SMILES string of the molecule is Cc1cc(C)cc(NC(N)=NCc2ccc(S(=O)(=O)N(C)C)cc2)c1.I. The Balaban J connectivity index is 0.00000338. The molecule has 0 fully saturated rings. The van der Waals surface area contributed by atoms with Gasteiger partial charge in [0.25, 0.3) is 0 Å². The van der Waals surface area contributed by atoms with Gasteiger partial charge < -0.3 is 11.1 Å². The minimum absolute atomic E-state index is 0. The van der Waals surface area contributed by atoms with Crippen molar-refractivity contribution >= 4 is 45.6 Å². The lowest BCUT2D eigenvalue weighted by atomic mass is 10.1. The molecule has 3 N–H and O–H groups in total. The second kappa shape index (κ2) is 9.33. The van der Waals surface area contributed by atoms with Crippen LogP contribution in [0.25, 0.3) is 0 Å². The number of hydrogen-bond donors (Lipinski definition) is 2. The Kier molecular flexibility index (Phi) is 8.04. The van der Waals surface area contributed by atoms with Gasteiger partial charge >= 0.3 is 0 Å². The molecule has 8 heteroatoms. The maximum absolute atomic E-state index is 12.0. The van der Waals surface area contributed by atoms with Gasteiger partial charge in [-0.1, -0.05) is 18.2 Å². The topological polar surface area (TPSA) is 87.8 Å². The van der Waals surface area contributed by atoms with Crippen molar-refractivity contribution in [1.82, 2.24) is 4.31 Å². The molecule has 0 spiro atoms. The summed E-state index contributed by atoms with van der Waals surface area (Å²) in [5.41, 5.74) is 9.99. The Bertz CT molecular complexity index is 858. The van der Waals surface area contributed by atoms with Gasteiger partial charge in [-0.25, -0.2) is 17.7 Å². The van der Waals surface area contributed by atoms with Crippen molar-refractivity contribution < 1.29 is 8.42 Å². The molecule has 0 bridgehead atoms. The molecule has 0 radical (unpaired) electrons. The molecule has 0 atom stereocenters. The first-order chi connectivity index (χ1) is 11.7. The lowest BCUT2D eigenvalue weighted by Crippen LogP contribution is -2.23. The van der Waals surface area contributed by atoms with Crippen molar-refractivity contribution in [1.29, 1.82) is 0 Å². The van der Waals surface area contributed by atoms with E-state index in [9.17, 15) is 8.42 Å². The van der Waals surface area contributed by atoms with E-state index in [1.165, 1.54) is 18.4 Å². The smallest absolute Gasteiger partial charge is 0.242 e. The van der Waals surface area contributed by atoms with Crippen molar-refractivity contribution in [2.75, 3.05) is 19.4 Å². The van der Waals surface area contributed by atoms with Gasteiger partial charge in [-0.05, 0) is 54.8 Å². The molecule has 2 aromatic carbocycles. The van der Waals surface area contributed by atoms with E-state index in [2.05, 4.69) is 16.4 Å². The molecule has 0 aliphatic rings. The molecular formula is C18H25IN4O2S. The lowest BCUT2D eigenvalue weighted by molar-refractivity contribution is 0.520. The fraction of sp³-hybridized carbons (Fsp3) is 0.278. The van der Waals surface area contributed by atoms with E-state index in [1.807, 2.05) is 26.0 Å². The van der Waals surface area contributed by atoms with Gasteiger partial charge in [-0.3, -0.25) is 0 Å². The molecule has 26 heavy (non-hydrogen) atoms. The lowest BCUT2D eigenvalue weighted by Gasteiger charge is -2.11. The van der Waals surface area contributed by atoms with E-state index < -0.39 is 10.0 Å². The van der Waals surface area contributed by atoms with Crippen LogP contribution < -0.4 is 11.1 Å². The maximum atomic E-state index is 12.0. The molecule has 0 heterocycles. The molecule has 0 aliphatic carbocycles. The van der Waals surface area contributed by atoms with Gasteiger partial charge in [0.2, 0.25) is 10.0 Å². The van der Waals surface area contributed by atoms with Crippen LogP contribution in [0.15, 0.2) is 52.4 Å². The number of rotatable bonds is 5. The Hall–Kier alpha value is -1.65. The number of hydrogen-bond acceptors (Lipinski definition) is 3. The third kappa shape index (κ3) is 5.96. The molecule has 2 rings (SSSR count). The zero-order chi connectivity index (χ0) is 18.6. The van der Waals surface area contributed by atoms with Gasteiger partial charge in [0, 0.05) is 19.8 Å². The first-order valence-corrected chi connectivity index (χ1v) is 9.29. The summed E-state index contributed by atoms with van der Waals surface area (Å²) in [5.74, 6) is 0.315. The summed E-state index contributed by atoms with van der Waals surface area (Å²) in [6.45, 7) is 4.41. The summed E-state index contributed by atoms with van der Waals surface area (Å²) in [5, 5.41) is 3.07. The average Bonchev–Trinajstić information content (AvgIpc) is 2.52. The van der Waals surface area contributed by atoms with Crippen LogP contribution in [-0.2, 0) is 16.6 Å². The summed E-state index contributed by atoms with van der Waals surface area (Å²) in [6, 6.07) is 12.7. The van der Waals surface area contributed by atoms with E-state index in [0.717, 1.165) is 22.4 Å². The Morgan fingerprint density at radius 3 is 2.12 bits per heavy atom. The quantitative estimate of drug-likeness (QED) is 0.385. The van der Waals surface area contributed by atoms with Gasteiger partial charge in [-0.2, -0.15) is 0 Å². The monoisotopic (exact) mass is 488 g/mol. The molecule has 0 aromatic heterocycles. The number of aryl methyl sites for hydroxylation is 2. The van der Waals surface area contributed by atoms with E-state index in [-0.39, 0.29) is 28.9 Å². The zero-order valence-corrected chi connectivity index (χ0v) is 18.5. The number of nitrogens with one attached hydrogen (secondary N) is 1. The predicted molar refractivity (Wildman–Crippen MR) is 118 cm³/mol. The second-order valence-electron chi connectivity index (χ2n) is 6.13. The van der Waals surface area contributed by atoms with Gasteiger partial charge in [-0.15, -0.1) is 24.0 Å². The van der Waals surface area contributed by atoms with Crippen LogP contribution >= 0.6 is 24.0 Å².